The van der Waals surface area contributed by atoms with Crippen LogP contribution < -0.4 is 0 Å². The molecule has 18 heavy (non-hydrogen) atoms. The molecule has 1 saturated heterocycles. The van der Waals surface area contributed by atoms with Crippen molar-refractivity contribution in [2.75, 3.05) is 32.7 Å². The maximum atomic E-state index is 9.14. The quantitative estimate of drug-likeness (QED) is 0.647. The van der Waals surface area contributed by atoms with E-state index in [4.69, 9.17) is 10.5 Å². The van der Waals surface area contributed by atoms with E-state index in [0.717, 1.165) is 58.4 Å². The molecule has 1 aliphatic rings. The van der Waals surface area contributed by atoms with Crippen LogP contribution in [-0.2, 0) is 0 Å². The third kappa shape index (κ3) is 5.04. The molecule has 4 heteroatoms. The molecule has 0 saturated carbocycles. The monoisotopic (exact) mass is 248 g/mol. The van der Waals surface area contributed by atoms with Crippen molar-refractivity contribution >= 4 is 0 Å². The molecule has 1 atom stereocenters. The summed E-state index contributed by atoms with van der Waals surface area (Å²) in [7, 11) is 0. The number of rotatable bonds is 7. The van der Waals surface area contributed by atoms with E-state index in [0.29, 0.717) is 6.42 Å². The fourth-order valence-electron chi connectivity index (χ4n) is 2.44. The van der Waals surface area contributed by atoms with E-state index in [9.17, 15) is 0 Å². The standard InChI is InChI=1S/C14H24N4/c1-2-6-14(13-16)18-11-9-17(10-12-18)8-5-3-4-7-15/h14H,2-6,8-12H2,1H3. The molecular formula is C14H24N4. The maximum absolute atomic E-state index is 9.14. The van der Waals surface area contributed by atoms with Crippen molar-refractivity contribution < 1.29 is 0 Å². The molecule has 100 valence electrons. The predicted octanol–water partition coefficient (Wildman–Crippen LogP) is 1.99. The van der Waals surface area contributed by atoms with Crippen LogP contribution in [0.1, 0.15) is 39.0 Å². The summed E-state index contributed by atoms with van der Waals surface area (Å²) >= 11 is 0. The Hall–Kier alpha value is -1.10. The van der Waals surface area contributed by atoms with Crippen LogP contribution in [0.5, 0.6) is 0 Å². The van der Waals surface area contributed by atoms with Crippen molar-refractivity contribution in [2.45, 2.75) is 45.1 Å². The molecule has 0 spiro atoms. The summed E-state index contributed by atoms with van der Waals surface area (Å²) in [6.45, 7) is 7.38. The first-order valence-electron chi connectivity index (χ1n) is 7.04. The van der Waals surface area contributed by atoms with Gasteiger partial charge in [-0.2, -0.15) is 10.5 Å². The van der Waals surface area contributed by atoms with Gasteiger partial charge in [0, 0.05) is 32.6 Å². The van der Waals surface area contributed by atoms with Crippen LogP contribution in [0, 0.1) is 22.7 Å². The molecule has 0 amide bonds. The third-order valence-electron chi connectivity index (χ3n) is 3.57. The molecule has 0 aromatic carbocycles. The molecule has 4 nitrogen and oxygen atoms in total. The van der Waals surface area contributed by atoms with Gasteiger partial charge in [0.25, 0.3) is 0 Å². The summed E-state index contributed by atoms with van der Waals surface area (Å²) in [4.78, 5) is 4.77. The molecule has 0 aliphatic carbocycles. The Balaban J connectivity index is 2.20. The average Bonchev–Trinajstić information content (AvgIpc) is 2.42. The number of nitrogens with zero attached hydrogens (tertiary/aromatic N) is 4. The molecule has 1 heterocycles. The van der Waals surface area contributed by atoms with Gasteiger partial charge in [0.1, 0.15) is 0 Å². The van der Waals surface area contributed by atoms with Gasteiger partial charge in [-0.05, 0) is 25.8 Å². The number of unbranched alkanes of at least 4 members (excludes halogenated alkanes) is 2. The summed E-state index contributed by atoms with van der Waals surface area (Å²) in [5, 5.41) is 17.6. The van der Waals surface area contributed by atoms with E-state index in [1.807, 2.05) is 0 Å². The third-order valence-corrected chi connectivity index (χ3v) is 3.57. The number of hydrogen-bond donors (Lipinski definition) is 0. The smallest absolute Gasteiger partial charge is 0.0978 e. The van der Waals surface area contributed by atoms with Gasteiger partial charge in [-0.3, -0.25) is 4.90 Å². The molecule has 1 fully saturated rings. The molecule has 0 aromatic heterocycles. The highest BCUT2D eigenvalue weighted by atomic mass is 15.3. The van der Waals surface area contributed by atoms with Crippen molar-refractivity contribution in [1.29, 1.82) is 10.5 Å². The molecule has 0 aromatic rings. The largest absolute Gasteiger partial charge is 0.301 e. The first-order chi connectivity index (χ1) is 8.81. The van der Waals surface area contributed by atoms with Crippen LogP contribution in [0.2, 0.25) is 0 Å². The Morgan fingerprint density at radius 2 is 1.83 bits per heavy atom. The zero-order valence-corrected chi connectivity index (χ0v) is 11.4. The lowest BCUT2D eigenvalue weighted by Crippen LogP contribution is -2.50. The summed E-state index contributed by atoms with van der Waals surface area (Å²) in [6.07, 6.45) is 4.86. The van der Waals surface area contributed by atoms with Crippen molar-refractivity contribution in [1.82, 2.24) is 9.80 Å². The van der Waals surface area contributed by atoms with Gasteiger partial charge in [-0.25, -0.2) is 0 Å². The van der Waals surface area contributed by atoms with Gasteiger partial charge in [0.2, 0.25) is 0 Å². The minimum absolute atomic E-state index is 0.107. The minimum atomic E-state index is 0.107. The van der Waals surface area contributed by atoms with Gasteiger partial charge in [0.05, 0.1) is 18.2 Å². The molecule has 1 rings (SSSR count). The van der Waals surface area contributed by atoms with Gasteiger partial charge < -0.3 is 4.90 Å². The Morgan fingerprint density at radius 1 is 1.11 bits per heavy atom. The molecular weight excluding hydrogens is 224 g/mol. The predicted molar refractivity (Wildman–Crippen MR) is 71.8 cm³/mol. The van der Waals surface area contributed by atoms with E-state index in [2.05, 4.69) is 28.9 Å². The van der Waals surface area contributed by atoms with Gasteiger partial charge in [0.15, 0.2) is 0 Å². The molecule has 0 bridgehead atoms. The molecule has 1 aliphatic heterocycles. The summed E-state index contributed by atoms with van der Waals surface area (Å²) in [5.41, 5.74) is 0. The van der Waals surface area contributed by atoms with Gasteiger partial charge >= 0.3 is 0 Å². The highest BCUT2D eigenvalue weighted by Crippen LogP contribution is 2.11. The van der Waals surface area contributed by atoms with Crippen LogP contribution in [0.15, 0.2) is 0 Å². The normalized spacial score (nSPS) is 19.1. The summed E-state index contributed by atoms with van der Waals surface area (Å²) in [6, 6.07) is 4.71. The number of nitriles is 2. The molecule has 0 radical (unpaired) electrons. The fourth-order valence-corrected chi connectivity index (χ4v) is 2.44. The lowest BCUT2D eigenvalue weighted by atomic mass is 10.1. The van der Waals surface area contributed by atoms with Crippen LogP contribution >= 0.6 is 0 Å². The van der Waals surface area contributed by atoms with Crippen LogP contribution in [0.4, 0.5) is 0 Å². The second-order valence-electron chi connectivity index (χ2n) is 4.93. The topological polar surface area (TPSA) is 54.1 Å². The van der Waals surface area contributed by atoms with Crippen LogP contribution in [0.25, 0.3) is 0 Å². The first kappa shape index (κ1) is 15.0. The van der Waals surface area contributed by atoms with Crippen LogP contribution in [0.3, 0.4) is 0 Å². The van der Waals surface area contributed by atoms with Gasteiger partial charge in [-0.15, -0.1) is 0 Å². The Kier molecular flexibility index (Phi) is 7.41. The summed E-state index contributed by atoms with van der Waals surface area (Å²) < 4.78 is 0. The van der Waals surface area contributed by atoms with E-state index in [1.165, 1.54) is 0 Å². The fraction of sp³-hybridized carbons (Fsp3) is 0.857. The van der Waals surface area contributed by atoms with E-state index >= 15 is 0 Å². The second kappa shape index (κ2) is 8.91. The zero-order valence-electron chi connectivity index (χ0n) is 11.4. The SMILES string of the molecule is CCCC(C#N)N1CCN(CCCCC#N)CC1. The van der Waals surface area contributed by atoms with Crippen molar-refractivity contribution in [3.63, 3.8) is 0 Å². The highest BCUT2D eigenvalue weighted by Gasteiger charge is 2.22. The van der Waals surface area contributed by atoms with Crippen LogP contribution in [-0.4, -0.2) is 48.6 Å². The maximum Gasteiger partial charge on any atom is 0.0978 e. The van der Waals surface area contributed by atoms with E-state index < -0.39 is 0 Å². The second-order valence-corrected chi connectivity index (χ2v) is 4.93. The van der Waals surface area contributed by atoms with E-state index in [1.54, 1.807) is 0 Å². The van der Waals surface area contributed by atoms with Crippen molar-refractivity contribution in [3.8, 4) is 12.1 Å². The van der Waals surface area contributed by atoms with Crippen molar-refractivity contribution in [2.24, 2.45) is 0 Å². The average molecular weight is 248 g/mol. The summed E-state index contributed by atoms with van der Waals surface area (Å²) in [5.74, 6) is 0. The Bertz CT molecular complexity index is 294. The minimum Gasteiger partial charge on any atom is -0.301 e. The van der Waals surface area contributed by atoms with Crippen molar-refractivity contribution in [3.05, 3.63) is 0 Å². The van der Waals surface area contributed by atoms with Gasteiger partial charge in [-0.1, -0.05) is 13.3 Å². The Labute approximate surface area is 111 Å². The number of piperazine rings is 1. The Morgan fingerprint density at radius 3 is 2.39 bits per heavy atom. The first-order valence-corrected chi connectivity index (χ1v) is 7.04. The lowest BCUT2D eigenvalue weighted by Gasteiger charge is -2.36. The zero-order chi connectivity index (χ0) is 13.2. The molecule has 1 unspecified atom stereocenters. The highest BCUT2D eigenvalue weighted by molar-refractivity contribution is 4.93. The lowest BCUT2D eigenvalue weighted by molar-refractivity contribution is 0.109. The number of hydrogen-bond acceptors (Lipinski definition) is 4. The van der Waals surface area contributed by atoms with E-state index in [-0.39, 0.29) is 6.04 Å². The molecule has 0 N–H and O–H groups in total.